The second kappa shape index (κ2) is 9.43. The Labute approximate surface area is 186 Å². The number of hydrogen-bond donors (Lipinski definition) is 3. The van der Waals surface area contributed by atoms with Crippen molar-refractivity contribution < 1.29 is 13.2 Å². The molecule has 0 aliphatic carbocycles. The highest BCUT2D eigenvalue weighted by Crippen LogP contribution is 2.26. The van der Waals surface area contributed by atoms with Gasteiger partial charge in [-0.2, -0.15) is 0 Å². The Bertz CT molecular complexity index is 1240. The number of carbonyl (C=O) groups is 1. The summed E-state index contributed by atoms with van der Waals surface area (Å²) in [7, 11) is -4.07. The van der Waals surface area contributed by atoms with Gasteiger partial charge in [-0.3, -0.25) is 4.79 Å². The van der Waals surface area contributed by atoms with Crippen molar-refractivity contribution in [1.29, 1.82) is 5.41 Å². The van der Waals surface area contributed by atoms with Crippen molar-refractivity contribution in [2.45, 2.75) is 24.8 Å². The van der Waals surface area contributed by atoms with Gasteiger partial charge in [-0.1, -0.05) is 61.0 Å². The van der Waals surface area contributed by atoms with Crippen LogP contribution in [0.4, 0.5) is 5.69 Å². The number of nitrogens with one attached hydrogen (secondary N) is 2. The fraction of sp³-hybridized carbons (Fsp3) is 0.130. The molecule has 0 atom stereocenters. The second-order valence-corrected chi connectivity index (χ2v) is 8.89. The lowest BCUT2D eigenvalue weighted by Crippen LogP contribution is -2.14. The van der Waals surface area contributed by atoms with Crippen LogP contribution in [0.2, 0.25) is 5.02 Å². The molecular formula is C23H22ClN3O3S. The molecule has 31 heavy (non-hydrogen) atoms. The van der Waals surface area contributed by atoms with Crippen LogP contribution in [-0.2, 0) is 16.6 Å². The number of hydrogen-bond acceptors (Lipinski definition) is 5. The van der Waals surface area contributed by atoms with E-state index in [1.165, 1.54) is 18.2 Å². The second-order valence-electron chi connectivity index (χ2n) is 6.95. The van der Waals surface area contributed by atoms with E-state index in [1.54, 1.807) is 18.2 Å². The van der Waals surface area contributed by atoms with Gasteiger partial charge in [0.25, 0.3) is 0 Å². The summed E-state index contributed by atoms with van der Waals surface area (Å²) < 4.78 is 23.5. The van der Waals surface area contributed by atoms with E-state index in [1.807, 2.05) is 37.3 Å². The highest BCUT2D eigenvalue weighted by Gasteiger charge is 2.18. The fourth-order valence-corrected chi connectivity index (χ4v) is 4.18. The topological polar surface area (TPSA) is 113 Å². The number of carbonyl (C=O) groups excluding carboxylic acids is 1. The minimum absolute atomic E-state index is 0.0454. The highest BCUT2D eigenvalue weighted by molar-refractivity contribution is 7.89. The molecular weight excluding hydrogens is 434 g/mol. The van der Waals surface area contributed by atoms with Crippen LogP contribution in [0.25, 0.3) is 0 Å². The Hall–Kier alpha value is -3.00. The molecule has 0 aromatic heterocycles. The minimum atomic E-state index is -4.07. The van der Waals surface area contributed by atoms with Gasteiger partial charge in [0.2, 0.25) is 10.0 Å². The van der Waals surface area contributed by atoms with Gasteiger partial charge in [-0.15, -0.1) is 0 Å². The number of nitrogens with two attached hydrogens (primary N) is 1. The molecule has 0 radical (unpaired) electrons. The molecule has 0 spiro atoms. The standard InChI is InChI=1S/C23H22ClN3O3S/c1-2-20(25)18-10-8-16(12-21(18)27-14-15-6-4-3-5-7-15)23(28)17-9-11-19(24)22(13-17)31(26,29)30/h3-13,25,27H,2,14H2,1H3,(H2,26,29,30). The van der Waals surface area contributed by atoms with E-state index >= 15 is 0 Å². The third kappa shape index (κ3) is 5.38. The predicted molar refractivity (Wildman–Crippen MR) is 124 cm³/mol. The molecule has 0 aliphatic heterocycles. The molecule has 3 aromatic rings. The molecule has 3 aromatic carbocycles. The summed E-state index contributed by atoms with van der Waals surface area (Å²) in [6.45, 7) is 2.42. The monoisotopic (exact) mass is 455 g/mol. The van der Waals surface area contributed by atoms with E-state index in [4.69, 9.17) is 22.1 Å². The number of primary sulfonamides is 1. The van der Waals surface area contributed by atoms with E-state index in [2.05, 4.69) is 5.32 Å². The number of benzene rings is 3. The SMILES string of the molecule is CCC(=N)c1ccc(C(=O)c2ccc(Cl)c(S(N)(=O)=O)c2)cc1NCc1ccccc1. The Kier molecular flexibility index (Phi) is 6.90. The lowest BCUT2D eigenvalue weighted by atomic mass is 9.98. The zero-order chi connectivity index (χ0) is 22.6. The Morgan fingerprint density at radius 3 is 2.32 bits per heavy atom. The normalized spacial score (nSPS) is 11.2. The molecule has 0 fully saturated rings. The maximum absolute atomic E-state index is 13.1. The Balaban J connectivity index is 1.98. The summed E-state index contributed by atoms with van der Waals surface area (Å²) >= 11 is 5.92. The maximum Gasteiger partial charge on any atom is 0.239 e. The lowest BCUT2D eigenvalue weighted by Gasteiger charge is -2.14. The number of ketones is 1. The quantitative estimate of drug-likeness (QED) is 0.340. The van der Waals surface area contributed by atoms with Gasteiger partial charge in [-0.25, -0.2) is 13.6 Å². The zero-order valence-electron chi connectivity index (χ0n) is 16.9. The third-order valence-electron chi connectivity index (χ3n) is 4.79. The van der Waals surface area contributed by atoms with Gasteiger partial charge in [0.15, 0.2) is 5.78 Å². The molecule has 8 heteroatoms. The first-order chi connectivity index (χ1) is 14.7. The summed E-state index contributed by atoms with van der Waals surface area (Å²) in [6.07, 6.45) is 0.544. The highest BCUT2D eigenvalue weighted by atomic mass is 35.5. The fourth-order valence-electron chi connectivity index (χ4n) is 3.11. The predicted octanol–water partition coefficient (Wildman–Crippen LogP) is 4.61. The van der Waals surface area contributed by atoms with Crippen molar-refractivity contribution in [3.63, 3.8) is 0 Å². The molecule has 6 nitrogen and oxygen atoms in total. The first kappa shape index (κ1) is 22.7. The molecule has 0 bridgehead atoms. The first-order valence-electron chi connectivity index (χ1n) is 9.57. The third-order valence-corrected chi connectivity index (χ3v) is 6.18. The van der Waals surface area contributed by atoms with Crippen molar-refractivity contribution in [3.05, 3.63) is 94.0 Å². The van der Waals surface area contributed by atoms with Crippen LogP contribution < -0.4 is 10.5 Å². The van der Waals surface area contributed by atoms with E-state index in [-0.39, 0.29) is 21.3 Å². The van der Waals surface area contributed by atoms with Crippen molar-refractivity contribution in [2.75, 3.05) is 5.32 Å². The molecule has 160 valence electrons. The molecule has 0 heterocycles. The van der Waals surface area contributed by atoms with Crippen molar-refractivity contribution in [2.24, 2.45) is 5.14 Å². The summed E-state index contributed by atoms with van der Waals surface area (Å²) in [6, 6.07) is 18.8. The molecule has 0 saturated heterocycles. The maximum atomic E-state index is 13.1. The average Bonchev–Trinajstić information content (AvgIpc) is 2.76. The Morgan fingerprint density at radius 2 is 1.68 bits per heavy atom. The van der Waals surface area contributed by atoms with Gasteiger partial charge >= 0.3 is 0 Å². The van der Waals surface area contributed by atoms with Gasteiger partial charge < -0.3 is 10.7 Å². The largest absolute Gasteiger partial charge is 0.380 e. The van der Waals surface area contributed by atoms with Gasteiger partial charge in [0.05, 0.1) is 5.02 Å². The van der Waals surface area contributed by atoms with Gasteiger partial charge in [-0.05, 0) is 36.2 Å². The summed E-state index contributed by atoms with van der Waals surface area (Å²) in [4.78, 5) is 12.8. The van der Waals surface area contributed by atoms with Crippen molar-refractivity contribution in [3.8, 4) is 0 Å². The molecule has 4 N–H and O–H groups in total. The van der Waals surface area contributed by atoms with E-state index in [9.17, 15) is 13.2 Å². The van der Waals surface area contributed by atoms with Crippen molar-refractivity contribution in [1.82, 2.24) is 0 Å². The molecule has 0 unspecified atom stereocenters. The smallest absolute Gasteiger partial charge is 0.239 e. The molecule has 0 amide bonds. The van der Waals surface area contributed by atoms with Crippen LogP contribution in [-0.4, -0.2) is 19.9 Å². The minimum Gasteiger partial charge on any atom is -0.380 e. The summed E-state index contributed by atoms with van der Waals surface area (Å²) in [5, 5.41) is 16.7. The van der Waals surface area contributed by atoms with Crippen LogP contribution in [0.15, 0.2) is 71.6 Å². The number of anilines is 1. The number of rotatable bonds is 8. The van der Waals surface area contributed by atoms with E-state index in [0.29, 0.717) is 35.5 Å². The zero-order valence-corrected chi connectivity index (χ0v) is 18.4. The van der Waals surface area contributed by atoms with Crippen LogP contribution in [0.3, 0.4) is 0 Å². The van der Waals surface area contributed by atoms with Crippen LogP contribution in [0, 0.1) is 5.41 Å². The first-order valence-corrected chi connectivity index (χ1v) is 11.5. The molecule has 0 aliphatic rings. The van der Waals surface area contributed by atoms with E-state index < -0.39 is 10.0 Å². The van der Waals surface area contributed by atoms with Gasteiger partial charge in [0, 0.05) is 34.6 Å². The molecule has 3 rings (SSSR count). The molecule has 0 saturated carbocycles. The van der Waals surface area contributed by atoms with Crippen LogP contribution in [0.5, 0.6) is 0 Å². The van der Waals surface area contributed by atoms with Crippen molar-refractivity contribution >= 4 is 38.8 Å². The van der Waals surface area contributed by atoms with Gasteiger partial charge in [0.1, 0.15) is 4.90 Å². The van der Waals surface area contributed by atoms with E-state index in [0.717, 1.165) is 5.56 Å². The Morgan fingerprint density at radius 1 is 1.03 bits per heavy atom. The lowest BCUT2D eigenvalue weighted by molar-refractivity contribution is 0.103. The van der Waals surface area contributed by atoms with Crippen LogP contribution in [0.1, 0.15) is 40.4 Å². The summed E-state index contributed by atoms with van der Waals surface area (Å²) in [5.41, 5.74) is 3.37. The summed E-state index contributed by atoms with van der Waals surface area (Å²) in [5.74, 6) is -0.376. The van der Waals surface area contributed by atoms with Crippen LogP contribution >= 0.6 is 11.6 Å². The number of halogens is 1. The average molecular weight is 456 g/mol. The number of sulfonamides is 1.